The Morgan fingerprint density at radius 1 is 1.08 bits per heavy atom. The molecule has 1 N–H and O–H groups in total. The van der Waals surface area contributed by atoms with Crippen LogP contribution in [0.1, 0.15) is 41.1 Å². The molecule has 0 unspecified atom stereocenters. The SMILES string of the molecule is Cc1c(C(=O)NC(C)(C)c2ccc3c(c2)OCO3)oc2c(C)cccc12. The third kappa shape index (κ3) is 2.60. The Hall–Kier alpha value is -2.95. The van der Waals surface area contributed by atoms with Crippen LogP contribution in [0, 0.1) is 13.8 Å². The molecule has 0 atom stereocenters. The van der Waals surface area contributed by atoms with E-state index in [2.05, 4.69) is 5.32 Å². The summed E-state index contributed by atoms with van der Waals surface area (Å²) >= 11 is 0. The maximum absolute atomic E-state index is 12.9. The van der Waals surface area contributed by atoms with Crippen LogP contribution in [0.15, 0.2) is 40.8 Å². The summed E-state index contributed by atoms with van der Waals surface area (Å²) in [5.74, 6) is 1.53. The van der Waals surface area contributed by atoms with Gasteiger partial charge in [0.25, 0.3) is 5.91 Å². The first-order valence-electron chi connectivity index (χ1n) is 8.58. The van der Waals surface area contributed by atoms with Crippen molar-refractivity contribution in [1.29, 1.82) is 0 Å². The lowest BCUT2D eigenvalue weighted by molar-refractivity contribution is 0.0884. The molecule has 2 aromatic carbocycles. The van der Waals surface area contributed by atoms with Gasteiger partial charge >= 0.3 is 0 Å². The van der Waals surface area contributed by atoms with E-state index >= 15 is 0 Å². The summed E-state index contributed by atoms with van der Waals surface area (Å²) in [6.07, 6.45) is 0. The third-order valence-corrected chi connectivity index (χ3v) is 4.89. The fourth-order valence-corrected chi connectivity index (χ4v) is 3.30. The predicted octanol–water partition coefficient (Wildman–Crippen LogP) is 4.44. The number of hydrogen-bond donors (Lipinski definition) is 1. The molecular formula is C21H21NO4. The number of carbonyl (C=O) groups is 1. The van der Waals surface area contributed by atoms with Gasteiger partial charge < -0.3 is 19.2 Å². The van der Waals surface area contributed by atoms with Crippen molar-refractivity contribution in [2.75, 3.05) is 6.79 Å². The largest absolute Gasteiger partial charge is 0.454 e. The summed E-state index contributed by atoms with van der Waals surface area (Å²) in [6.45, 7) is 8.01. The van der Waals surface area contributed by atoms with Crippen LogP contribution in [0.5, 0.6) is 11.5 Å². The lowest BCUT2D eigenvalue weighted by atomic mass is 9.93. The fourth-order valence-electron chi connectivity index (χ4n) is 3.30. The Balaban J connectivity index is 1.65. The molecule has 5 heteroatoms. The molecule has 1 amide bonds. The number of para-hydroxylation sites is 1. The van der Waals surface area contributed by atoms with Gasteiger partial charge in [0.15, 0.2) is 17.3 Å². The van der Waals surface area contributed by atoms with E-state index < -0.39 is 5.54 Å². The highest BCUT2D eigenvalue weighted by Gasteiger charge is 2.28. The molecule has 0 saturated heterocycles. The lowest BCUT2D eigenvalue weighted by Gasteiger charge is -2.26. The normalized spacial score (nSPS) is 13.2. The van der Waals surface area contributed by atoms with Gasteiger partial charge in [0.1, 0.15) is 5.58 Å². The Morgan fingerprint density at radius 2 is 1.85 bits per heavy atom. The van der Waals surface area contributed by atoms with Crippen molar-refractivity contribution in [3.63, 3.8) is 0 Å². The van der Waals surface area contributed by atoms with Gasteiger partial charge in [-0.05, 0) is 51.0 Å². The van der Waals surface area contributed by atoms with E-state index in [0.717, 1.165) is 33.4 Å². The molecular weight excluding hydrogens is 330 g/mol. The number of fused-ring (bicyclic) bond motifs is 2. The highest BCUT2D eigenvalue weighted by Crippen LogP contribution is 2.36. The second-order valence-electron chi connectivity index (χ2n) is 7.15. The van der Waals surface area contributed by atoms with Crippen LogP contribution in [0.25, 0.3) is 11.0 Å². The number of rotatable bonds is 3. The van der Waals surface area contributed by atoms with Crippen LogP contribution in [-0.4, -0.2) is 12.7 Å². The van der Waals surface area contributed by atoms with Crippen molar-refractivity contribution in [2.24, 2.45) is 0 Å². The highest BCUT2D eigenvalue weighted by molar-refractivity contribution is 5.99. The third-order valence-electron chi connectivity index (χ3n) is 4.89. The quantitative estimate of drug-likeness (QED) is 0.758. The van der Waals surface area contributed by atoms with Gasteiger partial charge in [-0.15, -0.1) is 0 Å². The minimum Gasteiger partial charge on any atom is -0.454 e. The van der Waals surface area contributed by atoms with Crippen LogP contribution in [0.2, 0.25) is 0 Å². The Morgan fingerprint density at radius 3 is 2.62 bits per heavy atom. The predicted molar refractivity (Wildman–Crippen MR) is 98.7 cm³/mol. The number of aryl methyl sites for hydroxylation is 2. The van der Waals surface area contributed by atoms with Crippen molar-refractivity contribution in [1.82, 2.24) is 5.32 Å². The van der Waals surface area contributed by atoms with Crippen molar-refractivity contribution < 1.29 is 18.7 Å². The fraction of sp³-hybridized carbons (Fsp3) is 0.286. The van der Waals surface area contributed by atoms with Gasteiger partial charge in [0.05, 0.1) is 5.54 Å². The minimum absolute atomic E-state index is 0.225. The second kappa shape index (κ2) is 5.80. The molecule has 0 aliphatic carbocycles. The number of amides is 1. The molecule has 0 saturated carbocycles. The van der Waals surface area contributed by atoms with E-state index in [9.17, 15) is 4.79 Å². The van der Waals surface area contributed by atoms with Gasteiger partial charge in [-0.25, -0.2) is 0 Å². The summed E-state index contributed by atoms with van der Waals surface area (Å²) in [7, 11) is 0. The number of carbonyl (C=O) groups excluding carboxylic acids is 1. The average Bonchev–Trinajstić information content (AvgIpc) is 3.19. The van der Waals surface area contributed by atoms with Gasteiger partial charge in [-0.3, -0.25) is 4.79 Å². The van der Waals surface area contributed by atoms with Crippen LogP contribution < -0.4 is 14.8 Å². The Kier molecular flexibility index (Phi) is 3.68. The first-order chi connectivity index (χ1) is 12.4. The molecule has 0 radical (unpaired) electrons. The van der Waals surface area contributed by atoms with Crippen molar-refractivity contribution in [2.45, 2.75) is 33.2 Å². The van der Waals surface area contributed by atoms with Crippen molar-refractivity contribution >= 4 is 16.9 Å². The van der Waals surface area contributed by atoms with Gasteiger partial charge in [0, 0.05) is 10.9 Å². The van der Waals surface area contributed by atoms with Gasteiger partial charge in [0.2, 0.25) is 6.79 Å². The van der Waals surface area contributed by atoms with E-state index in [1.54, 1.807) is 0 Å². The van der Waals surface area contributed by atoms with Crippen LogP contribution >= 0.6 is 0 Å². The van der Waals surface area contributed by atoms with Gasteiger partial charge in [-0.2, -0.15) is 0 Å². The molecule has 4 rings (SSSR count). The molecule has 134 valence electrons. The highest BCUT2D eigenvalue weighted by atomic mass is 16.7. The zero-order valence-corrected chi connectivity index (χ0v) is 15.3. The molecule has 3 aromatic rings. The average molecular weight is 351 g/mol. The smallest absolute Gasteiger partial charge is 0.287 e. The Bertz CT molecular complexity index is 1020. The number of furan rings is 1. The first-order valence-corrected chi connectivity index (χ1v) is 8.58. The molecule has 1 aliphatic heterocycles. The summed E-state index contributed by atoms with van der Waals surface area (Å²) in [5.41, 5.74) is 2.96. The first kappa shape index (κ1) is 16.5. The number of ether oxygens (including phenoxy) is 2. The van der Waals surface area contributed by atoms with Crippen molar-refractivity contribution in [3.8, 4) is 11.5 Å². The summed E-state index contributed by atoms with van der Waals surface area (Å²) in [5, 5.41) is 4.04. The topological polar surface area (TPSA) is 60.7 Å². The zero-order chi connectivity index (χ0) is 18.5. The summed E-state index contributed by atoms with van der Waals surface area (Å²) in [4.78, 5) is 12.9. The molecule has 1 aliphatic rings. The number of nitrogens with one attached hydrogen (secondary N) is 1. The van der Waals surface area contributed by atoms with E-state index in [1.165, 1.54) is 0 Å². The van der Waals surface area contributed by atoms with E-state index in [-0.39, 0.29) is 12.7 Å². The standard InChI is InChI=1S/C21H21NO4/c1-12-6-5-7-15-13(2)19(26-18(12)15)20(23)22-21(3,4)14-8-9-16-17(10-14)25-11-24-16/h5-10H,11H2,1-4H3,(H,22,23). The van der Waals surface area contributed by atoms with Crippen molar-refractivity contribution in [3.05, 3.63) is 58.8 Å². The lowest BCUT2D eigenvalue weighted by Crippen LogP contribution is -2.41. The molecule has 0 fully saturated rings. The monoisotopic (exact) mass is 351 g/mol. The van der Waals surface area contributed by atoms with Gasteiger partial charge in [-0.1, -0.05) is 24.3 Å². The van der Waals surface area contributed by atoms with Crippen LogP contribution in [0.4, 0.5) is 0 Å². The van der Waals surface area contributed by atoms with E-state index in [0.29, 0.717) is 11.5 Å². The zero-order valence-electron chi connectivity index (χ0n) is 15.3. The van der Waals surface area contributed by atoms with E-state index in [4.69, 9.17) is 13.9 Å². The minimum atomic E-state index is -0.599. The molecule has 0 bridgehead atoms. The number of hydrogen-bond acceptors (Lipinski definition) is 4. The number of benzene rings is 2. The maximum Gasteiger partial charge on any atom is 0.287 e. The molecule has 2 heterocycles. The maximum atomic E-state index is 12.9. The molecule has 1 aromatic heterocycles. The molecule has 5 nitrogen and oxygen atoms in total. The van der Waals surface area contributed by atoms with Crippen LogP contribution in [0.3, 0.4) is 0 Å². The Labute approximate surface area is 151 Å². The molecule has 0 spiro atoms. The molecule has 26 heavy (non-hydrogen) atoms. The summed E-state index contributed by atoms with van der Waals surface area (Å²) < 4.78 is 16.7. The van der Waals surface area contributed by atoms with Crippen LogP contribution in [-0.2, 0) is 5.54 Å². The second-order valence-corrected chi connectivity index (χ2v) is 7.15. The van der Waals surface area contributed by atoms with E-state index in [1.807, 2.05) is 64.1 Å². The summed E-state index contributed by atoms with van der Waals surface area (Å²) in [6, 6.07) is 11.6.